The van der Waals surface area contributed by atoms with Crippen LogP contribution in [0.4, 0.5) is 0 Å². The molecule has 1 aromatic carbocycles. The van der Waals surface area contributed by atoms with Crippen molar-refractivity contribution in [3.05, 3.63) is 51.1 Å². The third kappa shape index (κ3) is 255. The van der Waals surface area contributed by atoms with Gasteiger partial charge in [-0.05, 0) is 0 Å². The van der Waals surface area contributed by atoms with Gasteiger partial charge in [0.05, 0.1) is 0 Å². The van der Waals surface area contributed by atoms with Gasteiger partial charge in [0.2, 0.25) is 0 Å². The summed E-state index contributed by atoms with van der Waals surface area (Å²) in [6, 6.07) is 10.0. The van der Waals surface area contributed by atoms with Gasteiger partial charge in [-0.25, -0.2) is 12.1 Å². The van der Waals surface area contributed by atoms with Crippen molar-refractivity contribution in [3.8, 4) is 0 Å². The van der Waals surface area contributed by atoms with Crippen molar-refractivity contribution in [2.24, 2.45) is 16.2 Å². The summed E-state index contributed by atoms with van der Waals surface area (Å²) >= 11 is 0. The molecule has 0 radical (unpaired) electrons. The first-order chi connectivity index (χ1) is 8.50. The van der Waals surface area contributed by atoms with Crippen LogP contribution in [0, 0.1) is 37.0 Å². The maximum absolute atomic E-state index is 3.77. The monoisotopic (exact) mass is 326 g/mol. The van der Waals surface area contributed by atoms with E-state index in [-0.39, 0.29) is 38.0 Å². The summed E-state index contributed by atoms with van der Waals surface area (Å²) in [6.45, 7) is 30.0. The molecule has 0 unspecified atom stereocenters. The van der Waals surface area contributed by atoms with Crippen molar-refractivity contribution in [3.63, 3.8) is 0 Å². The van der Waals surface area contributed by atoms with Gasteiger partial charge in [0, 0.05) is 0 Å². The van der Waals surface area contributed by atoms with E-state index in [4.69, 9.17) is 0 Å². The minimum absolute atomic E-state index is 0. The van der Waals surface area contributed by atoms with E-state index in [1.54, 1.807) is 0 Å². The van der Waals surface area contributed by atoms with Gasteiger partial charge in [0.1, 0.15) is 0 Å². The minimum Gasteiger partial charge on any atom is -0.338 e. The zero-order valence-corrected chi connectivity index (χ0v) is 17.6. The van der Waals surface area contributed by atoms with E-state index < -0.39 is 0 Å². The van der Waals surface area contributed by atoms with Crippen LogP contribution >= 0.6 is 0 Å². The SMILES string of the molecule is [CH2-]C(C)(C)C.[CH2-]C(C)(C)C.[CH2-]C(C)(C)C.[Ti+4].c1cc[cH-]c1. The van der Waals surface area contributed by atoms with Crippen LogP contribution in [0.25, 0.3) is 0 Å². The summed E-state index contributed by atoms with van der Waals surface area (Å²) in [5.74, 6) is 0. The fourth-order valence-corrected chi connectivity index (χ4v) is 0.321. The van der Waals surface area contributed by atoms with Crippen LogP contribution in [0.2, 0.25) is 0 Å². The largest absolute Gasteiger partial charge is 4.00 e. The Labute approximate surface area is 151 Å². The van der Waals surface area contributed by atoms with E-state index in [1.807, 2.05) is 30.3 Å². The molecule has 0 heterocycles. The van der Waals surface area contributed by atoms with Crippen LogP contribution in [0.5, 0.6) is 0 Å². The van der Waals surface area contributed by atoms with Gasteiger partial charge in [0.15, 0.2) is 0 Å². The van der Waals surface area contributed by atoms with E-state index in [2.05, 4.69) is 83.1 Å². The Morgan fingerprint density at radius 1 is 0.571 bits per heavy atom. The molecule has 0 bridgehead atoms. The zero-order valence-electron chi connectivity index (χ0n) is 16.0. The van der Waals surface area contributed by atoms with Crippen molar-refractivity contribution >= 4 is 0 Å². The zero-order chi connectivity index (χ0) is 17.0. The third-order valence-electron chi connectivity index (χ3n) is 0.556. The van der Waals surface area contributed by atoms with Crippen molar-refractivity contribution in [2.75, 3.05) is 0 Å². The van der Waals surface area contributed by atoms with Crippen molar-refractivity contribution in [1.82, 2.24) is 0 Å². The minimum atomic E-state index is 0. The molecule has 0 aliphatic heterocycles. The summed E-state index contributed by atoms with van der Waals surface area (Å²) < 4.78 is 0. The quantitative estimate of drug-likeness (QED) is 0.355. The Balaban J connectivity index is -0.0000000903. The molecule has 0 saturated carbocycles. The maximum Gasteiger partial charge on any atom is 4.00 e. The molecule has 0 atom stereocenters. The normalized spacial score (nSPS) is 10.5. The molecule has 0 nitrogen and oxygen atoms in total. The average Bonchev–Trinajstić information content (AvgIpc) is 2.45. The van der Waals surface area contributed by atoms with Gasteiger partial charge in [-0.3, -0.25) is 0 Å². The van der Waals surface area contributed by atoms with Crippen LogP contribution in [0.3, 0.4) is 0 Å². The molecule has 1 aromatic rings. The average molecular weight is 326 g/mol. The second-order valence-corrected chi connectivity index (χ2v) is 8.64. The summed E-state index contributed by atoms with van der Waals surface area (Å²) in [5.41, 5.74) is 0.750. The van der Waals surface area contributed by atoms with E-state index in [1.165, 1.54) is 0 Å². The predicted octanol–water partition coefficient (Wildman–Crippen LogP) is 7.00. The molecule has 0 aromatic heterocycles. The molecule has 1 heteroatoms. The molecule has 1 rings (SSSR count). The third-order valence-corrected chi connectivity index (χ3v) is 0.556. The van der Waals surface area contributed by atoms with Gasteiger partial charge in [-0.1, -0.05) is 62.3 Å². The Bertz CT molecular complexity index is 199. The molecule has 0 fully saturated rings. The van der Waals surface area contributed by atoms with Gasteiger partial charge in [-0.15, -0.1) is 0 Å². The molecule has 0 saturated heterocycles. The molecular formula is C20H38Ti. The first kappa shape index (κ1) is 29.1. The fraction of sp³-hybridized carbons (Fsp3) is 0.600. The van der Waals surface area contributed by atoms with Crippen molar-refractivity contribution < 1.29 is 21.7 Å². The van der Waals surface area contributed by atoms with E-state index in [0.717, 1.165) is 0 Å². The van der Waals surface area contributed by atoms with Crippen LogP contribution in [0.1, 0.15) is 62.3 Å². The first-order valence-electron chi connectivity index (χ1n) is 7.23. The smallest absolute Gasteiger partial charge is 0.338 e. The van der Waals surface area contributed by atoms with Crippen LogP contribution < -0.4 is 0 Å². The number of hydrogen-bond donors (Lipinski definition) is 0. The molecule has 21 heavy (non-hydrogen) atoms. The summed E-state index contributed by atoms with van der Waals surface area (Å²) in [4.78, 5) is 0. The fourth-order valence-electron chi connectivity index (χ4n) is 0.321. The van der Waals surface area contributed by atoms with Crippen molar-refractivity contribution in [1.29, 1.82) is 0 Å². The summed E-state index contributed by atoms with van der Waals surface area (Å²) in [7, 11) is 0. The Hall–Kier alpha value is 0.0643. The first-order valence-corrected chi connectivity index (χ1v) is 7.23. The molecule has 0 aliphatic rings. The van der Waals surface area contributed by atoms with Crippen LogP contribution in [0.15, 0.2) is 30.3 Å². The summed E-state index contributed by atoms with van der Waals surface area (Å²) in [6.07, 6.45) is 0. The molecular weight excluding hydrogens is 288 g/mol. The molecule has 0 aliphatic carbocycles. The Kier molecular flexibility index (Phi) is 19.0. The molecule has 0 spiro atoms. The van der Waals surface area contributed by atoms with Crippen LogP contribution in [-0.2, 0) is 21.7 Å². The predicted molar refractivity (Wildman–Crippen MR) is 96.5 cm³/mol. The number of rotatable bonds is 0. The summed E-state index contributed by atoms with van der Waals surface area (Å²) in [5, 5.41) is 0. The standard InChI is InChI=1S/C5H5.3C5H11.Ti/c1-2-4-5-3-1;3*1-5(2,3)4;/h1-5H;3*1H2,2-4H3;/q4*-1;+4. The molecule has 0 amide bonds. The second kappa shape index (κ2) is 13.7. The maximum atomic E-state index is 3.77. The van der Waals surface area contributed by atoms with Crippen LogP contribution in [-0.4, -0.2) is 0 Å². The molecule has 122 valence electrons. The van der Waals surface area contributed by atoms with E-state index >= 15 is 0 Å². The second-order valence-electron chi connectivity index (χ2n) is 8.64. The van der Waals surface area contributed by atoms with Gasteiger partial charge in [0.25, 0.3) is 0 Å². The molecule has 0 N–H and O–H groups in total. The van der Waals surface area contributed by atoms with Gasteiger partial charge >= 0.3 is 21.7 Å². The van der Waals surface area contributed by atoms with Gasteiger partial charge in [-0.2, -0.15) is 34.4 Å². The van der Waals surface area contributed by atoms with Gasteiger partial charge < -0.3 is 20.8 Å². The van der Waals surface area contributed by atoms with Crippen molar-refractivity contribution in [2.45, 2.75) is 62.3 Å². The number of hydrogen-bond acceptors (Lipinski definition) is 0. The Morgan fingerprint density at radius 2 is 0.714 bits per heavy atom. The van der Waals surface area contributed by atoms with E-state index in [9.17, 15) is 0 Å². The topological polar surface area (TPSA) is 0 Å². The van der Waals surface area contributed by atoms with E-state index in [0.29, 0.717) is 0 Å². The Morgan fingerprint density at radius 3 is 0.762 bits per heavy atom.